The van der Waals surface area contributed by atoms with Gasteiger partial charge in [-0.1, -0.05) is 36.0 Å². The average molecular weight is 321 g/mol. The summed E-state index contributed by atoms with van der Waals surface area (Å²) in [5.41, 5.74) is 3.25. The van der Waals surface area contributed by atoms with Gasteiger partial charge in [0.25, 0.3) is 0 Å². The van der Waals surface area contributed by atoms with Crippen LogP contribution in [0.5, 0.6) is 0 Å². The molecule has 0 radical (unpaired) electrons. The Balaban J connectivity index is 1.71. The molecule has 2 aromatic heterocycles. The molecular formula is C19H15NO2S. The first-order chi connectivity index (χ1) is 11.2. The minimum atomic E-state index is 0.368. The quantitative estimate of drug-likeness (QED) is 0.612. The third-order valence-electron chi connectivity index (χ3n) is 3.26. The lowest BCUT2D eigenvalue weighted by molar-refractivity contribution is 0.109. The minimum absolute atomic E-state index is 0.368. The lowest BCUT2D eigenvalue weighted by atomic mass is 10.1. The fourth-order valence-corrected chi connectivity index (χ4v) is 2.96. The van der Waals surface area contributed by atoms with Crippen LogP contribution in [0.4, 0.5) is 0 Å². The molecule has 0 spiro atoms. The van der Waals surface area contributed by atoms with Crippen molar-refractivity contribution < 1.29 is 9.21 Å². The van der Waals surface area contributed by atoms with Crippen molar-refractivity contribution >= 4 is 30.2 Å². The van der Waals surface area contributed by atoms with Crippen LogP contribution < -0.4 is 0 Å². The van der Waals surface area contributed by atoms with Crippen molar-refractivity contribution in [2.75, 3.05) is 0 Å². The SMILES string of the molecule is Cc1cc(/C=C/c2ccc(Sc3ccoc3C=O)cc2)ccn1. The van der Waals surface area contributed by atoms with Crippen LogP contribution >= 0.6 is 11.8 Å². The van der Waals surface area contributed by atoms with Crippen molar-refractivity contribution in [1.82, 2.24) is 4.98 Å². The Morgan fingerprint density at radius 2 is 1.83 bits per heavy atom. The van der Waals surface area contributed by atoms with Gasteiger partial charge in [0, 0.05) is 16.8 Å². The zero-order chi connectivity index (χ0) is 16.1. The summed E-state index contributed by atoms with van der Waals surface area (Å²) < 4.78 is 5.10. The summed E-state index contributed by atoms with van der Waals surface area (Å²) in [6.45, 7) is 1.98. The Morgan fingerprint density at radius 1 is 1.04 bits per heavy atom. The first-order valence-corrected chi connectivity index (χ1v) is 7.97. The molecule has 3 nitrogen and oxygen atoms in total. The number of furan rings is 1. The van der Waals surface area contributed by atoms with E-state index in [-0.39, 0.29) is 0 Å². The van der Waals surface area contributed by atoms with Crippen LogP contribution in [0, 0.1) is 6.92 Å². The minimum Gasteiger partial charge on any atom is -0.460 e. The second kappa shape index (κ2) is 7.11. The van der Waals surface area contributed by atoms with E-state index in [1.165, 1.54) is 18.0 Å². The van der Waals surface area contributed by atoms with Gasteiger partial charge >= 0.3 is 0 Å². The van der Waals surface area contributed by atoms with Crippen LogP contribution in [0.25, 0.3) is 12.2 Å². The maximum atomic E-state index is 10.9. The fourth-order valence-electron chi connectivity index (χ4n) is 2.12. The van der Waals surface area contributed by atoms with E-state index < -0.39 is 0 Å². The van der Waals surface area contributed by atoms with E-state index in [1.54, 1.807) is 6.07 Å². The van der Waals surface area contributed by atoms with Gasteiger partial charge in [-0.25, -0.2) is 0 Å². The molecule has 0 aliphatic rings. The van der Waals surface area contributed by atoms with Gasteiger partial charge in [-0.05, 0) is 48.4 Å². The molecule has 2 heterocycles. The highest BCUT2D eigenvalue weighted by atomic mass is 32.2. The third-order valence-corrected chi connectivity index (χ3v) is 4.33. The van der Waals surface area contributed by atoms with Crippen molar-refractivity contribution in [3.8, 4) is 0 Å². The molecule has 114 valence electrons. The highest BCUT2D eigenvalue weighted by Crippen LogP contribution is 2.30. The van der Waals surface area contributed by atoms with Crippen LogP contribution in [-0.2, 0) is 0 Å². The van der Waals surface area contributed by atoms with Crippen molar-refractivity contribution in [2.45, 2.75) is 16.7 Å². The van der Waals surface area contributed by atoms with E-state index in [0.29, 0.717) is 5.76 Å². The molecule has 0 fully saturated rings. The van der Waals surface area contributed by atoms with Crippen molar-refractivity contribution in [2.24, 2.45) is 0 Å². The Kier molecular flexibility index (Phi) is 4.74. The molecule has 23 heavy (non-hydrogen) atoms. The summed E-state index contributed by atoms with van der Waals surface area (Å²) in [4.78, 5) is 16.9. The zero-order valence-corrected chi connectivity index (χ0v) is 13.4. The predicted molar refractivity (Wildman–Crippen MR) is 92.6 cm³/mol. The van der Waals surface area contributed by atoms with Gasteiger partial charge in [-0.3, -0.25) is 9.78 Å². The molecular weight excluding hydrogens is 306 g/mol. The van der Waals surface area contributed by atoms with Crippen molar-refractivity contribution in [3.63, 3.8) is 0 Å². The molecule has 3 rings (SSSR count). The monoisotopic (exact) mass is 321 g/mol. The van der Waals surface area contributed by atoms with Gasteiger partial charge in [0.2, 0.25) is 0 Å². The average Bonchev–Trinajstić information content (AvgIpc) is 3.01. The summed E-state index contributed by atoms with van der Waals surface area (Å²) in [7, 11) is 0. The molecule has 3 aromatic rings. The molecule has 0 saturated carbocycles. The molecule has 1 aromatic carbocycles. The third kappa shape index (κ3) is 3.99. The Labute approximate surface area is 139 Å². The second-order valence-electron chi connectivity index (χ2n) is 5.00. The summed E-state index contributed by atoms with van der Waals surface area (Å²) >= 11 is 1.51. The first-order valence-electron chi connectivity index (χ1n) is 7.16. The summed E-state index contributed by atoms with van der Waals surface area (Å²) in [6, 6.07) is 14.0. The van der Waals surface area contributed by atoms with E-state index in [0.717, 1.165) is 32.9 Å². The van der Waals surface area contributed by atoms with Crippen LogP contribution in [0.2, 0.25) is 0 Å². The van der Waals surface area contributed by atoms with E-state index >= 15 is 0 Å². The van der Waals surface area contributed by atoms with Crippen LogP contribution in [0.3, 0.4) is 0 Å². The highest BCUT2D eigenvalue weighted by Gasteiger charge is 2.06. The molecule has 0 saturated heterocycles. The number of pyridine rings is 1. The predicted octanol–water partition coefficient (Wildman–Crippen LogP) is 5.12. The van der Waals surface area contributed by atoms with Gasteiger partial charge in [0.1, 0.15) is 0 Å². The van der Waals surface area contributed by atoms with E-state index in [4.69, 9.17) is 4.42 Å². The lowest BCUT2D eigenvalue weighted by Gasteiger charge is -2.01. The van der Waals surface area contributed by atoms with Crippen molar-refractivity contribution in [1.29, 1.82) is 0 Å². The number of aldehydes is 1. The standard InChI is InChI=1S/C19H15NO2S/c1-14-12-16(8-10-20-14)3-2-15-4-6-17(7-5-15)23-19-9-11-22-18(19)13-21/h2-13H,1H3/b3-2+. The number of benzene rings is 1. The number of rotatable bonds is 5. The number of aromatic nitrogens is 1. The first kappa shape index (κ1) is 15.3. The van der Waals surface area contributed by atoms with Gasteiger partial charge in [-0.2, -0.15) is 0 Å². The number of carbonyl (C=O) groups is 1. The Bertz CT molecular complexity index is 835. The number of hydrogen-bond acceptors (Lipinski definition) is 4. The van der Waals surface area contributed by atoms with Gasteiger partial charge < -0.3 is 4.42 Å². The fraction of sp³-hybridized carbons (Fsp3) is 0.0526. The number of aryl methyl sites for hydroxylation is 1. The number of nitrogens with zero attached hydrogens (tertiary/aromatic N) is 1. The van der Waals surface area contributed by atoms with Gasteiger partial charge in [0.15, 0.2) is 12.0 Å². The molecule has 4 heteroatoms. The van der Waals surface area contributed by atoms with E-state index in [9.17, 15) is 4.79 Å². The van der Waals surface area contributed by atoms with E-state index in [1.807, 2.05) is 49.5 Å². The molecule has 0 bridgehead atoms. The Hall–Kier alpha value is -2.59. The molecule has 0 unspecified atom stereocenters. The molecule has 0 atom stereocenters. The number of carbonyl (C=O) groups excluding carboxylic acids is 1. The Morgan fingerprint density at radius 3 is 2.57 bits per heavy atom. The highest BCUT2D eigenvalue weighted by molar-refractivity contribution is 7.99. The summed E-state index contributed by atoms with van der Waals surface area (Å²) in [5.74, 6) is 0.368. The second-order valence-corrected chi connectivity index (χ2v) is 6.12. The van der Waals surface area contributed by atoms with Crippen LogP contribution in [0.15, 0.2) is 69.1 Å². The topological polar surface area (TPSA) is 43.1 Å². The number of hydrogen-bond donors (Lipinski definition) is 0. The largest absolute Gasteiger partial charge is 0.460 e. The van der Waals surface area contributed by atoms with E-state index in [2.05, 4.69) is 17.1 Å². The van der Waals surface area contributed by atoms with Gasteiger partial charge in [0.05, 0.1) is 11.2 Å². The summed E-state index contributed by atoms with van der Waals surface area (Å²) in [5, 5.41) is 0. The molecule has 0 aliphatic carbocycles. The molecule has 0 aliphatic heterocycles. The maximum Gasteiger partial charge on any atom is 0.186 e. The van der Waals surface area contributed by atoms with Crippen LogP contribution in [-0.4, -0.2) is 11.3 Å². The zero-order valence-electron chi connectivity index (χ0n) is 12.6. The van der Waals surface area contributed by atoms with Crippen molar-refractivity contribution in [3.05, 3.63) is 77.5 Å². The molecule has 0 N–H and O–H groups in total. The normalized spacial score (nSPS) is 11.0. The molecule has 0 amide bonds. The smallest absolute Gasteiger partial charge is 0.186 e. The van der Waals surface area contributed by atoms with Gasteiger partial charge in [-0.15, -0.1) is 0 Å². The summed E-state index contributed by atoms with van der Waals surface area (Å²) in [6.07, 6.45) is 8.20. The lowest BCUT2D eigenvalue weighted by Crippen LogP contribution is -1.80. The maximum absolute atomic E-state index is 10.9. The van der Waals surface area contributed by atoms with Crippen LogP contribution in [0.1, 0.15) is 27.4 Å².